The summed E-state index contributed by atoms with van der Waals surface area (Å²) < 4.78 is 5.37. The molecule has 1 aromatic carbocycles. The fraction of sp³-hybridized carbons (Fsp3) is 0.333. The summed E-state index contributed by atoms with van der Waals surface area (Å²) in [6, 6.07) is 10.1. The largest absolute Gasteiger partial charge is 0.469 e. The molecule has 0 spiro atoms. The van der Waals surface area contributed by atoms with Gasteiger partial charge in [0, 0.05) is 26.6 Å². The van der Waals surface area contributed by atoms with Gasteiger partial charge in [0.05, 0.1) is 22.7 Å². The molecule has 0 saturated heterocycles. The molecule has 0 aliphatic carbocycles. The molecule has 0 bridgehead atoms. The number of rotatable bonds is 5. The Morgan fingerprint density at radius 1 is 1.26 bits per heavy atom. The number of nitrogens with one attached hydrogen (secondary N) is 1. The van der Waals surface area contributed by atoms with Crippen molar-refractivity contribution in [1.29, 1.82) is 0 Å². The highest BCUT2D eigenvalue weighted by molar-refractivity contribution is 6.34. The number of hydrogen-bond acceptors (Lipinski definition) is 3. The summed E-state index contributed by atoms with van der Waals surface area (Å²) in [7, 11) is 3.98. The Kier molecular flexibility index (Phi) is 4.38. The predicted octanol–water partition coefficient (Wildman–Crippen LogP) is 4.04. The van der Waals surface area contributed by atoms with Crippen LogP contribution in [0.15, 0.2) is 41.0 Å². The summed E-state index contributed by atoms with van der Waals surface area (Å²) in [6.07, 6.45) is 2.54. The van der Waals surface area contributed by atoms with E-state index in [2.05, 4.69) is 12.2 Å². The van der Waals surface area contributed by atoms with Gasteiger partial charge in [-0.15, -0.1) is 0 Å². The highest BCUT2D eigenvalue weighted by Crippen LogP contribution is 2.33. The molecule has 0 fully saturated rings. The van der Waals surface area contributed by atoms with Crippen LogP contribution in [0.3, 0.4) is 0 Å². The van der Waals surface area contributed by atoms with Gasteiger partial charge in [-0.25, -0.2) is 0 Å². The molecule has 1 atom stereocenters. The summed E-state index contributed by atoms with van der Waals surface area (Å²) in [5, 5.41) is 4.23. The van der Waals surface area contributed by atoms with Gasteiger partial charge in [-0.1, -0.05) is 17.7 Å². The molecular formula is C15H19ClN2O. The second-order valence-corrected chi connectivity index (χ2v) is 5.27. The van der Waals surface area contributed by atoms with E-state index in [1.54, 1.807) is 6.26 Å². The molecule has 1 N–H and O–H groups in total. The van der Waals surface area contributed by atoms with Gasteiger partial charge in [0.15, 0.2) is 0 Å². The highest BCUT2D eigenvalue weighted by atomic mass is 35.5. The topological polar surface area (TPSA) is 28.4 Å². The predicted molar refractivity (Wildman–Crippen MR) is 81.3 cm³/mol. The van der Waals surface area contributed by atoms with Crippen LogP contribution < -0.4 is 10.2 Å². The number of nitrogens with zero attached hydrogens (tertiary/aromatic N) is 1. The minimum atomic E-state index is 0.267. The Bertz CT molecular complexity index is 523. The van der Waals surface area contributed by atoms with Crippen LogP contribution in [0.4, 0.5) is 11.4 Å². The third kappa shape index (κ3) is 3.44. The molecule has 2 rings (SSSR count). The molecule has 3 nitrogen and oxygen atoms in total. The van der Waals surface area contributed by atoms with Crippen molar-refractivity contribution in [3.05, 3.63) is 47.4 Å². The van der Waals surface area contributed by atoms with E-state index in [1.807, 2.05) is 49.3 Å². The van der Waals surface area contributed by atoms with Gasteiger partial charge >= 0.3 is 0 Å². The van der Waals surface area contributed by atoms with E-state index in [0.717, 1.165) is 28.6 Å². The lowest BCUT2D eigenvalue weighted by Gasteiger charge is -2.22. The SMILES string of the molecule is CC(Cc1ccco1)Nc1cccc(Cl)c1N(C)C. The molecule has 102 valence electrons. The van der Waals surface area contributed by atoms with Crippen molar-refractivity contribution in [2.24, 2.45) is 0 Å². The number of halogens is 1. The van der Waals surface area contributed by atoms with Crippen LogP contribution in [-0.2, 0) is 6.42 Å². The van der Waals surface area contributed by atoms with Crippen LogP contribution >= 0.6 is 11.6 Å². The van der Waals surface area contributed by atoms with E-state index in [9.17, 15) is 0 Å². The van der Waals surface area contributed by atoms with Crippen molar-refractivity contribution >= 4 is 23.0 Å². The van der Waals surface area contributed by atoms with Gasteiger partial charge in [0.2, 0.25) is 0 Å². The van der Waals surface area contributed by atoms with Gasteiger partial charge in [-0.2, -0.15) is 0 Å². The Morgan fingerprint density at radius 2 is 2.05 bits per heavy atom. The van der Waals surface area contributed by atoms with Crippen molar-refractivity contribution in [3.8, 4) is 0 Å². The first-order valence-corrected chi connectivity index (χ1v) is 6.70. The lowest BCUT2D eigenvalue weighted by molar-refractivity contribution is 0.498. The maximum absolute atomic E-state index is 6.25. The fourth-order valence-corrected chi connectivity index (χ4v) is 2.48. The van der Waals surface area contributed by atoms with Crippen molar-refractivity contribution < 1.29 is 4.42 Å². The van der Waals surface area contributed by atoms with Crippen LogP contribution in [0.2, 0.25) is 5.02 Å². The molecule has 1 heterocycles. The zero-order valence-electron chi connectivity index (χ0n) is 11.5. The molecular weight excluding hydrogens is 260 g/mol. The fourth-order valence-electron chi connectivity index (χ4n) is 2.13. The molecule has 0 radical (unpaired) electrons. The molecule has 4 heteroatoms. The van der Waals surface area contributed by atoms with Crippen molar-refractivity contribution in [2.75, 3.05) is 24.3 Å². The monoisotopic (exact) mass is 278 g/mol. The maximum atomic E-state index is 6.25. The average molecular weight is 279 g/mol. The molecule has 1 unspecified atom stereocenters. The van der Waals surface area contributed by atoms with Gasteiger partial charge in [0.25, 0.3) is 0 Å². The zero-order valence-corrected chi connectivity index (χ0v) is 12.2. The van der Waals surface area contributed by atoms with Gasteiger partial charge < -0.3 is 14.6 Å². The molecule has 1 aromatic heterocycles. The Hall–Kier alpha value is -1.61. The van der Waals surface area contributed by atoms with E-state index < -0.39 is 0 Å². The molecule has 2 aromatic rings. The first kappa shape index (κ1) is 13.8. The van der Waals surface area contributed by atoms with Crippen LogP contribution in [-0.4, -0.2) is 20.1 Å². The summed E-state index contributed by atoms with van der Waals surface area (Å²) >= 11 is 6.25. The van der Waals surface area contributed by atoms with Crippen LogP contribution in [0.25, 0.3) is 0 Å². The number of anilines is 2. The summed E-state index contributed by atoms with van der Waals surface area (Å²) in [6.45, 7) is 2.13. The van der Waals surface area contributed by atoms with Crippen LogP contribution in [0.5, 0.6) is 0 Å². The van der Waals surface area contributed by atoms with Gasteiger partial charge in [0.1, 0.15) is 5.76 Å². The summed E-state index contributed by atoms with van der Waals surface area (Å²) in [5.41, 5.74) is 2.05. The number of para-hydroxylation sites is 1. The number of benzene rings is 1. The van der Waals surface area contributed by atoms with E-state index in [0.29, 0.717) is 0 Å². The van der Waals surface area contributed by atoms with Gasteiger partial charge in [-0.3, -0.25) is 0 Å². The maximum Gasteiger partial charge on any atom is 0.105 e. The smallest absolute Gasteiger partial charge is 0.105 e. The first-order chi connectivity index (χ1) is 9.08. The van der Waals surface area contributed by atoms with Crippen molar-refractivity contribution in [1.82, 2.24) is 0 Å². The Balaban J connectivity index is 2.12. The van der Waals surface area contributed by atoms with Crippen LogP contribution in [0, 0.1) is 0 Å². The van der Waals surface area contributed by atoms with E-state index in [1.165, 1.54) is 0 Å². The third-order valence-electron chi connectivity index (χ3n) is 2.92. The Morgan fingerprint density at radius 3 is 2.68 bits per heavy atom. The minimum absolute atomic E-state index is 0.267. The molecule has 0 saturated carbocycles. The second-order valence-electron chi connectivity index (χ2n) is 4.86. The minimum Gasteiger partial charge on any atom is -0.469 e. The molecule has 0 amide bonds. The van der Waals surface area contributed by atoms with Gasteiger partial charge in [-0.05, 0) is 31.2 Å². The molecule has 19 heavy (non-hydrogen) atoms. The average Bonchev–Trinajstić information content (AvgIpc) is 2.81. The number of hydrogen-bond donors (Lipinski definition) is 1. The lowest BCUT2D eigenvalue weighted by Crippen LogP contribution is -2.20. The van der Waals surface area contributed by atoms with Crippen molar-refractivity contribution in [2.45, 2.75) is 19.4 Å². The molecule has 0 aliphatic heterocycles. The number of furan rings is 1. The normalized spacial score (nSPS) is 12.2. The first-order valence-electron chi connectivity index (χ1n) is 6.32. The summed E-state index contributed by atoms with van der Waals surface area (Å²) in [5.74, 6) is 0.980. The quantitative estimate of drug-likeness (QED) is 0.895. The van der Waals surface area contributed by atoms with Crippen molar-refractivity contribution in [3.63, 3.8) is 0 Å². The third-order valence-corrected chi connectivity index (χ3v) is 3.23. The zero-order chi connectivity index (χ0) is 13.8. The van der Waals surface area contributed by atoms with E-state index >= 15 is 0 Å². The lowest BCUT2D eigenvalue weighted by atomic mass is 10.1. The van der Waals surface area contributed by atoms with E-state index in [4.69, 9.17) is 16.0 Å². The van der Waals surface area contributed by atoms with E-state index in [-0.39, 0.29) is 6.04 Å². The highest BCUT2D eigenvalue weighted by Gasteiger charge is 2.12. The summed E-state index contributed by atoms with van der Waals surface area (Å²) in [4.78, 5) is 2.02. The molecule has 0 aliphatic rings. The standard InChI is InChI=1S/C15H19ClN2O/c1-11(10-12-6-5-9-19-12)17-14-8-4-7-13(16)15(14)18(2)3/h4-9,11,17H,10H2,1-3H3. The Labute approximate surface area is 119 Å². The van der Waals surface area contributed by atoms with Crippen LogP contribution in [0.1, 0.15) is 12.7 Å². The second kappa shape index (κ2) is 6.02.